The Morgan fingerprint density at radius 1 is 1.45 bits per heavy atom. The third kappa shape index (κ3) is 3.76. The fourth-order valence-electron chi connectivity index (χ4n) is 1.33. The van der Waals surface area contributed by atoms with E-state index in [4.69, 9.17) is 5.73 Å². The van der Waals surface area contributed by atoms with Crippen LogP contribution < -0.4 is 10.5 Å². The van der Waals surface area contributed by atoms with Crippen LogP contribution in [-0.2, 0) is 11.3 Å². The largest absolute Gasteiger partial charge is 0.573 e. The second-order valence-corrected chi connectivity index (χ2v) is 3.42. The number of halogens is 5. The van der Waals surface area contributed by atoms with Crippen LogP contribution in [0.15, 0.2) is 6.07 Å². The van der Waals surface area contributed by atoms with Gasteiger partial charge in [-0.15, -0.1) is 13.2 Å². The quantitative estimate of drug-likeness (QED) is 0.681. The number of ether oxygens (including phenoxy) is 2. The summed E-state index contributed by atoms with van der Waals surface area (Å²) in [5.41, 5.74) is 2.83. The molecule has 0 amide bonds. The van der Waals surface area contributed by atoms with Crippen LogP contribution in [0.2, 0.25) is 0 Å². The van der Waals surface area contributed by atoms with Gasteiger partial charge in [-0.25, -0.2) is 18.6 Å². The standard InChI is InChI=1S/C10H9F5N2O3/c1-19-9(18)6-7(20-10(13,14)15)5(8(11)12)2-4(3-16)17-6/h2,8H,3,16H2,1H3. The van der Waals surface area contributed by atoms with Crippen molar-refractivity contribution in [3.63, 3.8) is 0 Å². The number of alkyl halides is 5. The van der Waals surface area contributed by atoms with Gasteiger partial charge < -0.3 is 15.2 Å². The molecule has 0 unspecified atom stereocenters. The lowest BCUT2D eigenvalue weighted by Crippen LogP contribution is -2.22. The summed E-state index contributed by atoms with van der Waals surface area (Å²) >= 11 is 0. The first-order chi connectivity index (χ1) is 9.19. The van der Waals surface area contributed by atoms with Gasteiger partial charge in [0.1, 0.15) is 0 Å². The van der Waals surface area contributed by atoms with E-state index in [0.717, 1.165) is 7.11 Å². The third-order valence-corrected chi connectivity index (χ3v) is 2.10. The number of esters is 1. The Morgan fingerprint density at radius 2 is 2.05 bits per heavy atom. The molecular weight excluding hydrogens is 291 g/mol. The van der Waals surface area contributed by atoms with Crippen molar-refractivity contribution in [3.05, 3.63) is 23.0 Å². The molecule has 0 aliphatic rings. The zero-order valence-corrected chi connectivity index (χ0v) is 10.0. The van der Waals surface area contributed by atoms with Gasteiger partial charge in [0, 0.05) is 6.54 Å². The van der Waals surface area contributed by atoms with Gasteiger partial charge in [0.05, 0.1) is 18.4 Å². The number of nitrogens with zero attached hydrogens (tertiary/aromatic N) is 1. The summed E-state index contributed by atoms with van der Waals surface area (Å²) in [5, 5.41) is 0. The Kier molecular flexibility index (Phi) is 4.82. The molecule has 1 aromatic rings. The van der Waals surface area contributed by atoms with Crippen molar-refractivity contribution in [1.29, 1.82) is 0 Å². The summed E-state index contributed by atoms with van der Waals surface area (Å²) in [7, 11) is 0.860. The smallest absolute Gasteiger partial charge is 0.464 e. The Hall–Kier alpha value is -1.97. The molecule has 10 heteroatoms. The first kappa shape index (κ1) is 16.1. The van der Waals surface area contributed by atoms with Crippen LogP contribution in [0.5, 0.6) is 5.75 Å². The second kappa shape index (κ2) is 5.99. The highest BCUT2D eigenvalue weighted by Gasteiger charge is 2.37. The van der Waals surface area contributed by atoms with Gasteiger partial charge in [-0.1, -0.05) is 0 Å². The Balaban J connectivity index is 3.51. The lowest BCUT2D eigenvalue weighted by atomic mass is 10.1. The first-order valence-corrected chi connectivity index (χ1v) is 5.05. The van der Waals surface area contributed by atoms with Crippen molar-refractivity contribution in [2.45, 2.75) is 19.3 Å². The number of methoxy groups -OCH3 is 1. The summed E-state index contributed by atoms with van der Waals surface area (Å²) < 4.78 is 70.0. The minimum absolute atomic E-state index is 0.199. The van der Waals surface area contributed by atoms with E-state index in [-0.39, 0.29) is 12.2 Å². The van der Waals surface area contributed by atoms with Crippen LogP contribution in [0.3, 0.4) is 0 Å². The van der Waals surface area contributed by atoms with Crippen molar-refractivity contribution in [2.75, 3.05) is 7.11 Å². The molecule has 1 rings (SSSR count). The van der Waals surface area contributed by atoms with E-state index in [2.05, 4.69) is 14.5 Å². The normalized spacial score (nSPS) is 11.6. The topological polar surface area (TPSA) is 74.4 Å². The maximum Gasteiger partial charge on any atom is 0.573 e. The molecule has 0 aromatic carbocycles. The summed E-state index contributed by atoms with van der Waals surface area (Å²) in [6, 6.07) is 0.637. The number of carbonyl (C=O) groups excluding carboxylic acids is 1. The van der Waals surface area contributed by atoms with Gasteiger partial charge in [-0.2, -0.15) is 0 Å². The number of hydrogen-bond donors (Lipinski definition) is 1. The Labute approximate surface area is 109 Å². The molecule has 1 aromatic heterocycles. The number of carbonyl (C=O) groups is 1. The maximum atomic E-state index is 12.8. The summed E-state index contributed by atoms with van der Waals surface area (Å²) in [5.74, 6) is -2.74. The molecule has 2 N–H and O–H groups in total. The first-order valence-electron chi connectivity index (χ1n) is 5.05. The zero-order valence-electron chi connectivity index (χ0n) is 10.0. The molecule has 0 radical (unpaired) electrons. The van der Waals surface area contributed by atoms with Crippen LogP contribution in [0, 0.1) is 0 Å². The van der Waals surface area contributed by atoms with E-state index in [1.54, 1.807) is 0 Å². The molecule has 0 fully saturated rings. The summed E-state index contributed by atoms with van der Waals surface area (Å²) in [6.45, 7) is -0.351. The van der Waals surface area contributed by atoms with Crippen molar-refractivity contribution in [2.24, 2.45) is 5.73 Å². The van der Waals surface area contributed by atoms with Gasteiger partial charge in [0.15, 0.2) is 11.4 Å². The number of pyridine rings is 1. The average Bonchev–Trinajstić information content (AvgIpc) is 2.35. The lowest BCUT2D eigenvalue weighted by Gasteiger charge is -2.16. The van der Waals surface area contributed by atoms with E-state index in [9.17, 15) is 26.7 Å². The molecule has 20 heavy (non-hydrogen) atoms. The molecule has 0 spiro atoms. The minimum atomic E-state index is -5.27. The van der Waals surface area contributed by atoms with E-state index in [1.165, 1.54) is 0 Å². The fraction of sp³-hybridized carbons (Fsp3) is 0.400. The SMILES string of the molecule is COC(=O)c1nc(CN)cc(C(F)F)c1OC(F)(F)F. The predicted octanol–water partition coefficient (Wildman–Crippen LogP) is 2.16. The summed E-state index contributed by atoms with van der Waals surface area (Å²) in [6.07, 6.45) is -8.58. The number of rotatable bonds is 4. The summed E-state index contributed by atoms with van der Waals surface area (Å²) in [4.78, 5) is 14.8. The molecule has 1 heterocycles. The molecule has 0 saturated carbocycles. The molecular formula is C10H9F5N2O3. The van der Waals surface area contributed by atoms with E-state index in [0.29, 0.717) is 6.07 Å². The molecule has 0 bridgehead atoms. The number of nitrogens with two attached hydrogens (primary N) is 1. The minimum Gasteiger partial charge on any atom is -0.464 e. The van der Waals surface area contributed by atoms with Crippen molar-refractivity contribution < 1.29 is 36.2 Å². The van der Waals surface area contributed by atoms with E-state index < -0.39 is 35.8 Å². The highest BCUT2D eigenvalue weighted by Crippen LogP contribution is 2.36. The van der Waals surface area contributed by atoms with Crippen molar-refractivity contribution >= 4 is 5.97 Å². The van der Waals surface area contributed by atoms with Gasteiger partial charge in [0.2, 0.25) is 0 Å². The van der Waals surface area contributed by atoms with E-state index in [1.807, 2.05) is 0 Å². The Bertz CT molecular complexity index is 504. The third-order valence-electron chi connectivity index (χ3n) is 2.10. The van der Waals surface area contributed by atoms with Crippen LogP contribution in [0.4, 0.5) is 22.0 Å². The van der Waals surface area contributed by atoms with Gasteiger partial charge in [-0.05, 0) is 6.07 Å². The average molecular weight is 300 g/mol. The fourth-order valence-corrected chi connectivity index (χ4v) is 1.33. The predicted molar refractivity (Wildman–Crippen MR) is 55.1 cm³/mol. The highest BCUT2D eigenvalue weighted by molar-refractivity contribution is 5.90. The number of aromatic nitrogens is 1. The molecule has 5 nitrogen and oxygen atoms in total. The number of hydrogen-bond acceptors (Lipinski definition) is 5. The lowest BCUT2D eigenvalue weighted by molar-refractivity contribution is -0.275. The maximum absolute atomic E-state index is 12.8. The molecule has 0 aliphatic heterocycles. The Morgan fingerprint density at radius 3 is 2.45 bits per heavy atom. The second-order valence-electron chi connectivity index (χ2n) is 3.42. The van der Waals surface area contributed by atoms with Crippen LogP contribution >= 0.6 is 0 Å². The zero-order chi connectivity index (χ0) is 15.5. The highest BCUT2D eigenvalue weighted by atomic mass is 19.4. The van der Waals surface area contributed by atoms with Crippen LogP contribution in [0.1, 0.15) is 28.2 Å². The molecule has 0 saturated heterocycles. The monoisotopic (exact) mass is 300 g/mol. The van der Waals surface area contributed by atoms with E-state index >= 15 is 0 Å². The van der Waals surface area contributed by atoms with Crippen molar-refractivity contribution in [1.82, 2.24) is 4.98 Å². The molecule has 112 valence electrons. The van der Waals surface area contributed by atoms with Crippen LogP contribution in [0.25, 0.3) is 0 Å². The van der Waals surface area contributed by atoms with Gasteiger partial charge in [0.25, 0.3) is 6.43 Å². The van der Waals surface area contributed by atoms with Gasteiger partial charge in [-0.3, -0.25) is 0 Å². The van der Waals surface area contributed by atoms with Crippen LogP contribution in [-0.4, -0.2) is 24.4 Å². The van der Waals surface area contributed by atoms with Gasteiger partial charge >= 0.3 is 12.3 Å². The molecule has 0 aliphatic carbocycles. The van der Waals surface area contributed by atoms with Crippen molar-refractivity contribution in [3.8, 4) is 5.75 Å². The molecule has 0 atom stereocenters.